The summed E-state index contributed by atoms with van der Waals surface area (Å²) in [6.45, 7) is 2.36. The maximum absolute atomic E-state index is 11.9. The van der Waals surface area contributed by atoms with Crippen LogP contribution in [0.4, 0.5) is 4.79 Å². The Bertz CT molecular complexity index is 412. The Morgan fingerprint density at radius 1 is 1.19 bits per heavy atom. The van der Waals surface area contributed by atoms with E-state index in [-0.39, 0.29) is 12.8 Å². The van der Waals surface area contributed by atoms with Crippen LogP contribution < -0.4 is 10.6 Å². The zero-order valence-electron chi connectivity index (χ0n) is 12.5. The Hall–Kier alpha value is -1.85. The lowest BCUT2D eigenvalue weighted by atomic mass is 9.79. The Kier molecular flexibility index (Phi) is 6.91. The summed E-state index contributed by atoms with van der Waals surface area (Å²) in [6.07, 6.45) is 7.95. The van der Waals surface area contributed by atoms with Crippen LogP contribution >= 0.6 is 0 Å². The number of aliphatic carboxylic acids is 1. The smallest absolute Gasteiger partial charge is 0.321 e. The van der Waals surface area contributed by atoms with Gasteiger partial charge in [0.15, 0.2) is 0 Å². The third kappa shape index (κ3) is 6.42. The Morgan fingerprint density at radius 3 is 2.43 bits per heavy atom. The predicted octanol–water partition coefficient (Wildman–Crippen LogP) is 2.20. The number of imide groups is 1. The molecule has 1 aliphatic carbocycles. The Labute approximate surface area is 125 Å². The second-order valence-electron chi connectivity index (χ2n) is 5.62. The molecule has 0 atom stereocenters. The van der Waals surface area contributed by atoms with Crippen molar-refractivity contribution in [2.45, 2.75) is 51.9 Å². The summed E-state index contributed by atoms with van der Waals surface area (Å²) < 4.78 is 0. The van der Waals surface area contributed by atoms with Crippen LogP contribution in [0, 0.1) is 5.41 Å². The maximum atomic E-state index is 11.9. The number of urea groups is 1. The van der Waals surface area contributed by atoms with Crippen LogP contribution in [0.15, 0.2) is 12.2 Å². The van der Waals surface area contributed by atoms with Crippen LogP contribution in [0.2, 0.25) is 0 Å². The van der Waals surface area contributed by atoms with Gasteiger partial charge in [-0.25, -0.2) is 4.79 Å². The van der Waals surface area contributed by atoms with Crippen molar-refractivity contribution < 1.29 is 19.5 Å². The molecule has 21 heavy (non-hydrogen) atoms. The molecule has 1 rings (SSSR count). The van der Waals surface area contributed by atoms with Crippen LogP contribution in [0.25, 0.3) is 0 Å². The molecule has 1 fully saturated rings. The molecule has 3 amide bonds. The van der Waals surface area contributed by atoms with E-state index in [1.807, 2.05) is 19.1 Å². The van der Waals surface area contributed by atoms with Gasteiger partial charge in [-0.05, 0) is 31.6 Å². The van der Waals surface area contributed by atoms with Crippen LogP contribution in [0.3, 0.4) is 0 Å². The minimum absolute atomic E-state index is 0.0106. The number of allylic oxidation sites excluding steroid dienone is 1. The zero-order valence-corrected chi connectivity index (χ0v) is 12.5. The minimum atomic E-state index is -0.888. The number of carbonyl (C=O) groups excluding carboxylic acids is 2. The molecular formula is C15H24N2O4. The molecular weight excluding hydrogens is 272 g/mol. The van der Waals surface area contributed by atoms with E-state index in [0.717, 1.165) is 25.7 Å². The molecule has 0 aromatic rings. The van der Waals surface area contributed by atoms with Crippen LogP contribution in [-0.2, 0) is 9.59 Å². The minimum Gasteiger partial charge on any atom is -0.481 e. The lowest BCUT2D eigenvalue weighted by Crippen LogP contribution is -2.41. The highest BCUT2D eigenvalue weighted by Gasteiger charge is 2.38. The summed E-state index contributed by atoms with van der Waals surface area (Å²) >= 11 is 0. The summed E-state index contributed by atoms with van der Waals surface area (Å²) in [6, 6.07) is -0.520. The van der Waals surface area contributed by atoms with E-state index in [2.05, 4.69) is 10.6 Å². The summed E-state index contributed by atoms with van der Waals surface area (Å²) in [7, 11) is 0. The number of hydrogen-bond acceptors (Lipinski definition) is 3. The largest absolute Gasteiger partial charge is 0.481 e. The average Bonchev–Trinajstić information content (AvgIpc) is 2.81. The zero-order chi connectivity index (χ0) is 15.7. The van der Waals surface area contributed by atoms with Crippen molar-refractivity contribution in [1.82, 2.24) is 10.6 Å². The van der Waals surface area contributed by atoms with Gasteiger partial charge in [0.1, 0.15) is 0 Å². The number of carbonyl (C=O) groups is 3. The lowest BCUT2D eigenvalue weighted by Gasteiger charge is -2.26. The quantitative estimate of drug-likeness (QED) is 0.496. The molecule has 0 aromatic carbocycles. The fourth-order valence-corrected chi connectivity index (χ4v) is 2.85. The van der Waals surface area contributed by atoms with Crippen molar-refractivity contribution >= 4 is 17.9 Å². The molecule has 0 saturated heterocycles. The Balaban J connectivity index is 2.40. The van der Waals surface area contributed by atoms with Crippen molar-refractivity contribution in [3.8, 4) is 0 Å². The fourth-order valence-electron chi connectivity index (χ4n) is 2.85. The van der Waals surface area contributed by atoms with Gasteiger partial charge in [-0.1, -0.05) is 25.0 Å². The predicted molar refractivity (Wildman–Crippen MR) is 78.7 cm³/mol. The molecule has 3 N–H and O–H groups in total. The molecule has 1 saturated carbocycles. The van der Waals surface area contributed by atoms with Crippen LogP contribution in [-0.4, -0.2) is 29.6 Å². The molecule has 0 aromatic heterocycles. The summed E-state index contributed by atoms with van der Waals surface area (Å²) in [4.78, 5) is 34.4. The number of carboxylic acids is 1. The van der Waals surface area contributed by atoms with Gasteiger partial charge in [-0.15, -0.1) is 0 Å². The second kappa shape index (κ2) is 8.44. The van der Waals surface area contributed by atoms with E-state index in [1.54, 1.807) is 0 Å². The Morgan fingerprint density at radius 2 is 1.86 bits per heavy atom. The van der Waals surface area contributed by atoms with Crippen molar-refractivity contribution in [3.05, 3.63) is 12.2 Å². The monoisotopic (exact) mass is 296 g/mol. The highest BCUT2D eigenvalue weighted by atomic mass is 16.4. The van der Waals surface area contributed by atoms with Gasteiger partial charge in [0.05, 0.1) is 6.42 Å². The van der Waals surface area contributed by atoms with E-state index in [9.17, 15) is 14.4 Å². The first-order valence-electron chi connectivity index (χ1n) is 7.38. The number of amides is 3. The number of nitrogens with one attached hydrogen (secondary N) is 2. The van der Waals surface area contributed by atoms with Gasteiger partial charge in [-0.2, -0.15) is 0 Å². The summed E-state index contributed by atoms with van der Waals surface area (Å²) in [5.41, 5.74) is -0.485. The molecule has 0 heterocycles. The molecule has 0 radical (unpaired) electrons. The molecule has 1 aliphatic rings. The topological polar surface area (TPSA) is 95.5 Å². The van der Waals surface area contributed by atoms with E-state index in [0.29, 0.717) is 13.0 Å². The van der Waals surface area contributed by atoms with E-state index >= 15 is 0 Å². The molecule has 6 heteroatoms. The average molecular weight is 296 g/mol. The highest BCUT2D eigenvalue weighted by molar-refractivity contribution is 5.94. The van der Waals surface area contributed by atoms with Gasteiger partial charge in [-0.3, -0.25) is 14.9 Å². The van der Waals surface area contributed by atoms with Crippen LogP contribution in [0.1, 0.15) is 51.9 Å². The summed E-state index contributed by atoms with van der Waals surface area (Å²) in [5.74, 6) is -1.29. The third-order valence-electron chi connectivity index (χ3n) is 3.81. The van der Waals surface area contributed by atoms with Gasteiger partial charge < -0.3 is 10.4 Å². The standard InChI is InChI=1S/C15H24N2O4/c1-2-3-6-9-16-14(21)17-12(18)10-15(11-13(19)20)7-4-5-8-15/h2-3H,4-11H2,1H3,(H,19,20)(H2,16,17,18,21)/b3-2+. The SMILES string of the molecule is C/C=C/CCNC(=O)NC(=O)CC1(CC(=O)O)CCCC1. The van der Waals surface area contributed by atoms with Crippen molar-refractivity contribution in [1.29, 1.82) is 0 Å². The normalized spacial score (nSPS) is 16.8. The van der Waals surface area contributed by atoms with Crippen molar-refractivity contribution in [2.75, 3.05) is 6.54 Å². The molecule has 0 aliphatic heterocycles. The first-order chi connectivity index (χ1) is 9.97. The third-order valence-corrected chi connectivity index (χ3v) is 3.81. The molecule has 0 unspecified atom stereocenters. The van der Waals surface area contributed by atoms with E-state index < -0.39 is 23.3 Å². The molecule has 0 bridgehead atoms. The van der Waals surface area contributed by atoms with Gasteiger partial charge >= 0.3 is 12.0 Å². The van der Waals surface area contributed by atoms with Gasteiger partial charge in [0, 0.05) is 13.0 Å². The first kappa shape index (κ1) is 17.2. The number of hydrogen-bond donors (Lipinski definition) is 3. The summed E-state index contributed by atoms with van der Waals surface area (Å²) in [5, 5.41) is 13.8. The van der Waals surface area contributed by atoms with Crippen LogP contribution in [0.5, 0.6) is 0 Å². The van der Waals surface area contributed by atoms with Crippen molar-refractivity contribution in [2.24, 2.45) is 5.41 Å². The number of carboxylic acid groups (broad SMARTS) is 1. The molecule has 6 nitrogen and oxygen atoms in total. The highest BCUT2D eigenvalue weighted by Crippen LogP contribution is 2.43. The van der Waals surface area contributed by atoms with Gasteiger partial charge in [0.2, 0.25) is 5.91 Å². The van der Waals surface area contributed by atoms with E-state index in [4.69, 9.17) is 5.11 Å². The molecule has 0 spiro atoms. The van der Waals surface area contributed by atoms with Crippen molar-refractivity contribution in [3.63, 3.8) is 0 Å². The van der Waals surface area contributed by atoms with Gasteiger partial charge in [0.25, 0.3) is 0 Å². The van der Waals surface area contributed by atoms with E-state index in [1.165, 1.54) is 0 Å². The number of rotatable bonds is 7. The molecule has 118 valence electrons. The first-order valence-corrected chi connectivity index (χ1v) is 7.38. The fraction of sp³-hybridized carbons (Fsp3) is 0.667. The second-order valence-corrected chi connectivity index (χ2v) is 5.62. The maximum Gasteiger partial charge on any atom is 0.321 e. The lowest BCUT2D eigenvalue weighted by molar-refractivity contribution is -0.140.